The maximum absolute atomic E-state index is 10.6. The second-order valence-corrected chi connectivity index (χ2v) is 4.49. The van der Waals surface area contributed by atoms with Gasteiger partial charge in [0.2, 0.25) is 11.7 Å². The lowest BCUT2D eigenvalue weighted by Crippen LogP contribution is -1.98. The molecule has 20 heavy (non-hydrogen) atoms. The molecule has 0 aliphatic rings. The minimum Gasteiger partial charge on any atom is -0.339 e. The highest BCUT2D eigenvalue weighted by Gasteiger charge is 2.13. The van der Waals surface area contributed by atoms with Crippen molar-refractivity contribution >= 4 is 5.69 Å². The van der Waals surface area contributed by atoms with Crippen LogP contribution in [0.2, 0.25) is 0 Å². The van der Waals surface area contributed by atoms with Gasteiger partial charge in [0, 0.05) is 30.5 Å². The van der Waals surface area contributed by atoms with Crippen molar-refractivity contribution < 1.29 is 9.45 Å². The van der Waals surface area contributed by atoms with Crippen LogP contribution in [0.1, 0.15) is 19.2 Å². The maximum atomic E-state index is 10.6. The third-order valence-electron chi connectivity index (χ3n) is 2.77. The van der Waals surface area contributed by atoms with E-state index in [9.17, 15) is 10.1 Å². The Balaban J connectivity index is 2.12. The van der Waals surface area contributed by atoms with E-state index in [1.165, 1.54) is 12.1 Å². The molecule has 1 aromatic heterocycles. The lowest BCUT2D eigenvalue weighted by atomic mass is 10.1. The Morgan fingerprint density at radius 2 is 2.15 bits per heavy atom. The highest BCUT2D eigenvalue weighted by Crippen LogP contribution is 2.20. The number of hydrogen-bond acceptors (Lipinski definition) is 6. The third kappa shape index (κ3) is 3.17. The van der Waals surface area contributed by atoms with E-state index in [0.717, 1.165) is 0 Å². The van der Waals surface area contributed by atoms with Gasteiger partial charge in [0.25, 0.3) is 5.69 Å². The Bertz CT molecular complexity index is 642. The minimum absolute atomic E-state index is 0.0140. The lowest BCUT2D eigenvalue weighted by Gasteiger charge is -2.00. The van der Waals surface area contributed by atoms with Gasteiger partial charge in [-0.15, -0.1) is 0 Å². The number of rotatable bonds is 5. The summed E-state index contributed by atoms with van der Waals surface area (Å²) in [6.45, 7) is 1.93. The number of nitro groups is 1. The number of nitrogens with zero attached hydrogens (tertiary/aromatic N) is 4. The first-order chi connectivity index (χ1) is 9.60. The van der Waals surface area contributed by atoms with Gasteiger partial charge in [-0.05, 0) is 18.1 Å². The van der Waals surface area contributed by atoms with E-state index in [0.29, 0.717) is 30.1 Å². The number of non-ortho nitro benzene ring substituents is 1. The molecule has 7 nitrogen and oxygen atoms in total. The van der Waals surface area contributed by atoms with Gasteiger partial charge in [-0.25, -0.2) is 0 Å². The van der Waals surface area contributed by atoms with Crippen LogP contribution < -0.4 is 0 Å². The largest absolute Gasteiger partial charge is 0.339 e. The Morgan fingerprint density at radius 3 is 2.75 bits per heavy atom. The second-order valence-electron chi connectivity index (χ2n) is 4.49. The fourth-order valence-corrected chi connectivity index (χ4v) is 1.71. The van der Waals surface area contributed by atoms with Gasteiger partial charge in [0.1, 0.15) is 0 Å². The van der Waals surface area contributed by atoms with E-state index in [2.05, 4.69) is 16.2 Å². The molecule has 1 heterocycles. The van der Waals surface area contributed by atoms with Crippen molar-refractivity contribution in [3.8, 4) is 17.5 Å². The molecule has 1 atom stereocenters. The van der Waals surface area contributed by atoms with Gasteiger partial charge in [0.05, 0.1) is 11.0 Å². The summed E-state index contributed by atoms with van der Waals surface area (Å²) in [5.74, 6) is 0.991. The summed E-state index contributed by atoms with van der Waals surface area (Å²) in [4.78, 5) is 14.3. The maximum Gasteiger partial charge on any atom is 0.269 e. The average molecular weight is 272 g/mol. The van der Waals surface area contributed by atoms with Crippen molar-refractivity contribution in [2.45, 2.75) is 19.8 Å². The van der Waals surface area contributed by atoms with E-state index >= 15 is 0 Å². The molecular formula is C13H12N4O3. The summed E-state index contributed by atoms with van der Waals surface area (Å²) in [5, 5.41) is 23.0. The molecule has 0 N–H and O–H groups in total. The molecule has 0 radical (unpaired) electrons. The van der Waals surface area contributed by atoms with Gasteiger partial charge < -0.3 is 4.52 Å². The van der Waals surface area contributed by atoms with Crippen molar-refractivity contribution in [3.63, 3.8) is 0 Å². The average Bonchev–Trinajstić information content (AvgIpc) is 2.87. The van der Waals surface area contributed by atoms with Crippen LogP contribution in [0.4, 0.5) is 5.69 Å². The molecule has 2 aromatic rings. The number of benzene rings is 1. The number of hydrogen-bond donors (Lipinski definition) is 0. The SMILES string of the molecule is CC(CC#N)Cc1nc(-c2ccc([N+](=O)[O-])cc2)no1. The molecule has 102 valence electrons. The molecule has 0 saturated carbocycles. The number of nitro benzene ring substituents is 1. The Hall–Kier alpha value is -2.75. The van der Waals surface area contributed by atoms with Crippen molar-refractivity contribution in [2.75, 3.05) is 0 Å². The molecule has 0 spiro atoms. The molecule has 0 saturated heterocycles. The van der Waals surface area contributed by atoms with Crippen molar-refractivity contribution in [1.29, 1.82) is 5.26 Å². The van der Waals surface area contributed by atoms with Gasteiger partial charge in [-0.1, -0.05) is 12.1 Å². The summed E-state index contributed by atoms with van der Waals surface area (Å²) >= 11 is 0. The molecule has 1 unspecified atom stereocenters. The number of nitriles is 1. The van der Waals surface area contributed by atoms with Crippen molar-refractivity contribution in [2.24, 2.45) is 5.92 Å². The molecule has 7 heteroatoms. The second kappa shape index (κ2) is 5.93. The lowest BCUT2D eigenvalue weighted by molar-refractivity contribution is -0.384. The van der Waals surface area contributed by atoms with Crippen LogP contribution in [0, 0.1) is 27.4 Å². The molecular weight excluding hydrogens is 260 g/mol. The molecule has 0 aliphatic carbocycles. The van der Waals surface area contributed by atoms with Crippen LogP contribution in [0.25, 0.3) is 11.4 Å². The van der Waals surface area contributed by atoms with Gasteiger partial charge in [0.15, 0.2) is 0 Å². The molecule has 2 rings (SSSR count). The van der Waals surface area contributed by atoms with Crippen LogP contribution in [0.3, 0.4) is 0 Å². The monoisotopic (exact) mass is 272 g/mol. The molecule has 0 aliphatic heterocycles. The molecule has 0 bridgehead atoms. The zero-order valence-electron chi connectivity index (χ0n) is 10.8. The normalized spacial score (nSPS) is 11.8. The minimum atomic E-state index is -0.463. The Kier molecular flexibility index (Phi) is 4.05. The fraction of sp³-hybridized carbons (Fsp3) is 0.308. The zero-order chi connectivity index (χ0) is 14.5. The van der Waals surface area contributed by atoms with Crippen LogP contribution in [0.15, 0.2) is 28.8 Å². The van der Waals surface area contributed by atoms with Crippen molar-refractivity contribution in [1.82, 2.24) is 10.1 Å². The third-order valence-corrected chi connectivity index (χ3v) is 2.77. The van der Waals surface area contributed by atoms with E-state index in [1.807, 2.05) is 6.92 Å². The zero-order valence-corrected chi connectivity index (χ0v) is 10.8. The highest BCUT2D eigenvalue weighted by atomic mass is 16.6. The molecule has 0 fully saturated rings. The van der Waals surface area contributed by atoms with Gasteiger partial charge in [-0.2, -0.15) is 10.2 Å². The topological polar surface area (TPSA) is 106 Å². The summed E-state index contributed by atoms with van der Waals surface area (Å²) in [5.41, 5.74) is 0.665. The first-order valence-corrected chi connectivity index (χ1v) is 6.04. The van der Waals surface area contributed by atoms with E-state index in [1.54, 1.807) is 12.1 Å². The first kappa shape index (κ1) is 13.7. The van der Waals surface area contributed by atoms with Crippen LogP contribution in [0.5, 0.6) is 0 Å². The first-order valence-electron chi connectivity index (χ1n) is 6.04. The predicted molar refractivity (Wildman–Crippen MR) is 69.5 cm³/mol. The van der Waals surface area contributed by atoms with Crippen molar-refractivity contribution in [3.05, 3.63) is 40.3 Å². The Morgan fingerprint density at radius 1 is 1.45 bits per heavy atom. The summed E-state index contributed by atoms with van der Waals surface area (Å²) in [6.07, 6.45) is 0.961. The quantitative estimate of drug-likeness (QED) is 0.612. The smallest absolute Gasteiger partial charge is 0.269 e. The van der Waals surface area contributed by atoms with E-state index < -0.39 is 4.92 Å². The molecule has 0 amide bonds. The van der Waals surface area contributed by atoms with E-state index in [4.69, 9.17) is 9.78 Å². The Labute approximate surface area is 115 Å². The standard InChI is InChI=1S/C13H12N4O3/c1-9(6-7-14)8-12-15-13(16-20-12)10-2-4-11(5-3-10)17(18)19/h2-5,9H,6,8H2,1H3. The van der Waals surface area contributed by atoms with Crippen LogP contribution in [-0.2, 0) is 6.42 Å². The van der Waals surface area contributed by atoms with Gasteiger partial charge >= 0.3 is 0 Å². The van der Waals surface area contributed by atoms with Gasteiger partial charge in [-0.3, -0.25) is 10.1 Å². The fourth-order valence-electron chi connectivity index (χ4n) is 1.71. The van der Waals surface area contributed by atoms with E-state index in [-0.39, 0.29) is 11.6 Å². The highest BCUT2D eigenvalue weighted by molar-refractivity contribution is 5.56. The summed E-state index contributed by atoms with van der Waals surface area (Å²) < 4.78 is 5.11. The van der Waals surface area contributed by atoms with Crippen LogP contribution >= 0.6 is 0 Å². The predicted octanol–water partition coefficient (Wildman–Crippen LogP) is 2.74. The summed E-state index contributed by atoms with van der Waals surface area (Å²) in [6, 6.07) is 8.02. The summed E-state index contributed by atoms with van der Waals surface area (Å²) in [7, 11) is 0. The number of aromatic nitrogens is 2. The molecule has 1 aromatic carbocycles. The van der Waals surface area contributed by atoms with Crippen LogP contribution in [-0.4, -0.2) is 15.1 Å².